The fourth-order valence-corrected chi connectivity index (χ4v) is 2.08. The monoisotopic (exact) mass is 289 g/mol. The van der Waals surface area contributed by atoms with Gasteiger partial charge in [0.2, 0.25) is 0 Å². The molecule has 0 aliphatic rings. The Bertz CT molecular complexity index is 342. The normalized spacial score (nSPS) is 10.8. The lowest BCUT2D eigenvalue weighted by atomic mass is 10.4. The van der Waals surface area contributed by atoms with Gasteiger partial charge in [-0.1, -0.05) is 13.8 Å². The van der Waals surface area contributed by atoms with Crippen molar-refractivity contribution in [3.63, 3.8) is 0 Å². The molecule has 0 aliphatic carbocycles. The van der Waals surface area contributed by atoms with Crippen molar-refractivity contribution in [2.45, 2.75) is 31.8 Å². The molecule has 1 heterocycles. The van der Waals surface area contributed by atoms with Gasteiger partial charge in [-0.05, 0) is 28.1 Å². The Morgan fingerprint density at radius 3 is 2.60 bits per heavy atom. The van der Waals surface area contributed by atoms with Crippen LogP contribution in [0.15, 0.2) is 4.47 Å². The first-order valence-corrected chi connectivity index (χ1v) is 6.71. The average molecular weight is 290 g/mol. The van der Waals surface area contributed by atoms with Crippen molar-refractivity contribution in [1.82, 2.24) is 9.97 Å². The Labute approximate surface area is 104 Å². The second-order valence-electron chi connectivity index (χ2n) is 3.50. The lowest BCUT2D eigenvalue weighted by molar-refractivity contribution is 0.979. The van der Waals surface area contributed by atoms with Crippen molar-refractivity contribution in [2.24, 2.45) is 0 Å². The minimum absolute atomic E-state index is 0.607. The van der Waals surface area contributed by atoms with Crippen molar-refractivity contribution in [3.05, 3.63) is 16.0 Å². The molecule has 1 aromatic rings. The standard InChI is InChI=1S/C10H16BrN3S/c1-6(2)15-5-8-13-7(3)9(11)10(12-4)14-8/h6H,5H2,1-4H3,(H,12,13,14). The van der Waals surface area contributed by atoms with Crippen LogP contribution >= 0.6 is 27.7 Å². The van der Waals surface area contributed by atoms with Crippen LogP contribution in [0.2, 0.25) is 0 Å². The van der Waals surface area contributed by atoms with Gasteiger partial charge in [-0.3, -0.25) is 0 Å². The van der Waals surface area contributed by atoms with Gasteiger partial charge in [0, 0.05) is 7.05 Å². The van der Waals surface area contributed by atoms with E-state index in [1.165, 1.54) is 0 Å². The first-order chi connectivity index (χ1) is 7.04. The van der Waals surface area contributed by atoms with E-state index in [4.69, 9.17) is 0 Å². The van der Waals surface area contributed by atoms with Gasteiger partial charge in [0.1, 0.15) is 11.6 Å². The summed E-state index contributed by atoms with van der Waals surface area (Å²) in [7, 11) is 1.87. The molecule has 0 fully saturated rings. The maximum atomic E-state index is 4.43. The molecular weight excluding hydrogens is 274 g/mol. The number of halogens is 1. The number of aromatic nitrogens is 2. The Hall–Kier alpha value is -0.290. The van der Waals surface area contributed by atoms with E-state index < -0.39 is 0 Å². The van der Waals surface area contributed by atoms with E-state index in [2.05, 4.69) is 45.1 Å². The van der Waals surface area contributed by atoms with Gasteiger partial charge in [0.05, 0.1) is 15.9 Å². The lowest BCUT2D eigenvalue weighted by Gasteiger charge is -2.09. The van der Waals surface area contributed by atoms with Crippen LogP contribution in [0.25, 0.3) is 0 Å². The largest absolute Gasteiger partial charge is 0.372 e. The number of hydrogen-bond donors (Lipinski definition) is 1. The summed E-state index contributed by atoms with van der Waals surface area (Å²) in [5, 5.41) is 3.66. The zero-order chi connectivity index (χ0) is 11.4. The summed E-state index contributed by atoms with van der Waals surface area (Å²) >= 11 is 5.31. The summed E-state index contributed by atoms with van der Waals surface area (Å²) in [6.07, 6.45) is 0. The Kier molecular flexibility index (Phi) is 4.86. The van der Waals surface area contributed by atoms with Crippen molar-refractivity contribution in [3.8, 4) is 0 Å². The van der Waals surface area contributed by atoms with Crippen molar-refractivity contribution in [1.29, 1.82) is 0 Å². The molecule has 0 radical (unpaired) electrons. The van der Waals surface area contributed by atoms with Gasteiger partial charge in [0.15, 0.2) is 0 Å². The highest BCUT2D eigenvalue weighted by Gasteiger charge is 2.08. The van der Waals surface area contributed by atoms with E-state index in [9.17, 15) is 0 Å². The van der Waals surface area contributed by atoms with Gasteiger partial charge in [0.25, 0.3) is 0 Å². The molecule has 0 amide bonds. The molecule has 3 nitrogen and oxygen atoms in total. The summed E-state index contributed by atoms with van der Waals surface area (Å²) in [6.45, 7) is 6.33. The van der Waals surface area contributed by atoms with Gasteiger partial charge < -0.3 is 5.32 Å². The van der Waals surface area contributed by atoms with Crippen molar-refractivity contribution in [2.75, 3.05) is 12.4 Å². The number of aryl methyl sites for hydroxylation is 1. The predicted octanol–water partition coefficient (Wildman–Crippen LogP) is 3.23. The third kappa shape index (κ3) is 3.65. The molecule has 0 aliphatic heterocycles. The zero-order valence-electron chi connectivity index (χ0n) is 9.47. The van der Waals surface area contributed by atoms with E-state index >= 15 is 0 Å². The first-order valence-electron chi connectivity index (χ1n) is 4.87. The molecule has 0 unspecified atom stereocenters. The van der Waals surface area contributed by atoms with Gasteiger partial charge in [-0.25, -0.2) is 9.97 Å². The molecule has 1 aromatic heterocycles. The lowest BCUT2D eigenvalue weighted by Crippen LogP contribution is -2.03. The molecule has 0 saturated carbocycles. The minimum atomic E-state index is 0.607. The molecule has 0 saturated heterocycles. The third-order valence-corrected chi connectivity index (χ3v) is 3.89. The number of anilines is 1. The van der Waals surface area contributed by atoms with Crippen LogP contribution in [-0.4, -0.2) is 22.3 Å². The molecule has 0 aromatic carbocycles. The maximum Gasteiger partial charge on any atom is 0.144 e. The van der Waals surface area contributed by atoms with Crippen LogP contribution in [-0.2, 0) is 5.75 Å². The molecule has 15 heavy (non-hydrogen) atoms. The summed E-state index contributed by atoms with van der Waals surface area (Å²) in [6, 6.07) is 0. The molecule has 0 atom stereocenters. The molecular formula is C10H16BrN3S. The average Bonchev–Trinajstić information content (AvgIpc) is 2.19. The quantitative estimate of drug-likeness (QED) is 0.924. The number of nitrogens with zero attached hydrogens (tertiary/aromatic N) is 2. The molecule has 0 bridgehead atoms. The van der Waals surface area contributed by atoms with Crippen LogP contribution < -0.4 is 5.32 Å². The van der Waals surface area contributed by atoms with E-state index in [0.29, 0.717) is 5.25 Å². The van der Waals surface area contributed by atoms with E-state index in [1.807, 2.05) is 25.7 Å². The fourth-order valence-electron chi connectivity index (χ4n) is 1.09. The second-order valence-corrected chi connectivity index (χ2v) is 5.86. The molecule has 5 heteroatoms. The first kappa shape index (κ1) is 12.8. The third-order valence-electron chi connectivity index (χ3n) is 1.85. The Morgan fingerprint density at radius 2 is 2.07 bits per heavy atom. The summed E-state index contributed by atoms with van der Waals surface area (Å²) < 4.78 is 0.947. The zero-order valence-corrected chi connectivity index (χ0v) is 11.9. The van der Waals surface area contributed by atoms with Crippen LogP contribution in [0.1, 0.15) is 25.4 Å². The molecule has 1 rings (SSSR count). The van der Waals surface area contributed by atoms with Crippen molar-refractivity contribution >= 4 is 33.5 Å². The predicted molar refractivity (Wildman–Crippen MR) is 70.4 cm³/mol. The van der Waals surface area contributed by atoms with Crippen LogP contribution in [0, 0.1) is 6.92 Å². The highest BCUT2D eigenvalue weighted by Crippen LogP contribution is 2.24. The number of nitrogens with one attached hydrogen (secondary N) is 1. The van der Waals surface area contributed by atoms with E-state index in [-0.39, 0.29) is 0 Å². The summed E-state index contributed by atoms with van der Waals surface area (Å²) in [5.41, 5.74) is 0.980. The maximum absolute atomic E-state index is 4.43. The van der Waals surface area contributed by atoms with E-state index in [0.717, 1.165) is 27.6 Å². The number of hydrogen-bond acceptors (Lipinski definition) is 4. The summed E-state index contributed by atoms with van der Waals surface area (Å²) in [4.78, 5) is 8.87. The topological polar surface area (TPSA) is 37.8 Å². The van der Waals surface area contributed by atoms with Crippen LogP contribution in [0.4, 0.5) is 5.82 Å². The highest BCUT2D eigenvalue weighted by atomic mass is 79.9. The highest BCUT2D eigenvalue weighted by molar-refractivity contribution is 9.10. The van der Waals surface area contributed by atoms with Gasteiger partial charge in [-0.2, -0.15) is 11.8 Å². The van der Waals surface area contributed by atoms with Crippen LogP contribution in [0.5, 0.6) is 0 Å². The Balaban J connectivity index is 2.86. The Morgan fingerprint density at radius 1 is 1.40 bits per heavy atom. The van der Waals surface area contributed by atoms with Gasteiger partial charge >= 0.3 is 0 Å². The summed E-state index contributed by atoms with van der Waals surface area (Å²) in [5.74, 6) is 2.61. The second kappa shape index (κ2) is 5.70. The smallest absolute Gasteiger partial charge is 0.144 e. The molecule has 0 spiro atoms. The van der Waals surface area contributed by atoms with Crippen LogP contribution in [0.3, 0.4) is 0 Å². The molecule has 84 valence electrons. The SMILES string of the molecule is CNc1nc(CSC(C)C)nc(C)c1Br. The van der Waals surface area contributed by atoms with E-state index in [1.54, 1.807) is 0 Å². The fraction of sp³-hybridized carbons (Fsp3) is 0.600. The number of thioether (sulfide) groups is 1. The van der Waals surface area contributed by atoms with Gasteiger partial charge in [-0.15, -0.1) is 0 Å². The van der Waals surface area contributed by atoms with Crippen molar-refractivity contribution < 1.29 is 0 Å². The minimum Gasteiger partial charge on any atom is -0.372 e. The molecule has 1 N–H and O–H groups in total. The number of rotatable bonds is 4.